The third kappa shape index (κ3) is 5.81. The summed E-state index contributed by atoms with van der Waals surface area (Å²) in [6, 6.07) is 9.94. The highest BCUT2D eigenvalue weighted by atomic mass is 35.5. The van der Waals surface area contributed by atoms with E-state index in [1.807, 2.05) is 12.2 Å². The summed E-state index contributed by atoms with van der Waals surface area (Å²) in [6.45, 7) is 1.49. The van der Waals surface area contributed by atoms with Crippen LogP contribution >= 0.6 is 11.6 Å². The average Bonchev–Trinajstić information content (AvgIpc) is 3.22. The molecule has 0 spiro atoms. The zero-order valence-corrected chi connectivity index (χ0v) is 21.2. The summed E-state index contributed by atoms with van der Waals surface area (Å²) >= 11 is 5.84. The van der Waals surface area contributed by atoms with Crippen LogP contribution in [0, 0.1) is 11.8 Å². The van der Waals surface area contributed by atoms with Crippen molar-refractivity contribution in [2.45, 2.75) is 25.7 Å². The van der Waals surface area contributed by atoms with E-state index in [0.717, 1.165) is 23.3 Å². The Morgan fingerprint density at radius 1 is 1.10 bits per heavy atom. The molecule has 1 aliphatic rings. The molecular weight excluding hydrogens is 539 g/mol. The molecule has 5 rings (SSSR count). The van der Waals surface area contributed by atoms with Gasteiger partial charge >= 0.3 is 12.2 Å². The lowest BCUT2D eigenvalue weighted by atomic mass is 10.0. The zero-order chi connectivity index (χ0) is 27.7. The first-order chi connectivity index (χ1) is 18.6. The zero-order valence-electron chi connectivity index (χ0n) is 20.4. The van der Waals surface area contributed by atoms with Crippen LogP contribution in [0.5, 0.6) is 0 Å². The summed E-state index contributed by atoms with van der Waals surface area (Å²) in [7, 11) is 0. The van der Waals surface area contributed by atoms with Crippen LogP contribution in [0.15, 0.2) is 60.8 Å². The smallest absolute Gasteiger partial charge is 0.333 e. The fourth-order valence-corrected chi connectivity index (χ4v) is 4.93. The molecular formula is C28H22ClF5N4O. The van der Waals surface area contributed by atoms with E-state index in [9.17, 15) is 26.7 Å². The molecule has 39 heavy (non-hydrogen) atoms. The fourth-order valence-electron chi connectivity index (χ4n) is 4.74. The van der Waals surface area contributed by atoms with Crippen molar-refractivity contribution in [3.05, 3.63) is 106 Å². The molecule has 5 nitrogen and oxygen atoms in total. The molecule has 0 atom stereocenters. The number of halogens is 6. The van der Waals surface area contributed by atoms with Crippen LogP contribution in [-0.4, -0.2) is 33.6 Å². The van der Waals surface area contributed by atoms with Gasteiger partial charge in [0.25, 0.3) is 0 Å². The lowest BCUT2D eigenvalue weighted by Gasteiger charge is -2.27. The largest absolute Gasteiger partial charge is 0.416 e. The number of nitrogens with zero attached hydrogens (tertiary/aromatic N) is 3. The first-order valence-electron chi connectivity index (χ1n) is 12.1. The van der Waals surface area contributed by atoms with Gasteiger partial charge in [-0.3, -0.25) is 9.47 Å². The van der Waals surface area contributed by atoms with Crippen molar-refractivity contribution in [1.82, 2.24) is 19.8 Å². The Balaban J connectivity index is 1.42. The van der Waals surface area contributed by atoms with E-state index in [1.165, 1.54) is 35.0 Å². The van der Waals surface area contributed by atoms with Crippen LogP contribution in [0.4, 0.5) is 26.7 Å². The van der Waals surface area contributed by atoms with Crippen molar-refractivity contribution >= 4 is 34.6 Å². The summed E-state index contributed by atoms with van der Waals surface area (Å²) in [6.07, 6.45) is 0.839. The van der Waals surface area contributed by atoms with Gasteiger partial charge in [0.15, 0.2) is 0 Å². The van der Waals surface area contributed by atoms with Gasteiger partial charge in [-0.25, -0.2) is 14.2 Å². The number of hydrogen-bond acceptors (Lipinski definition) is 3. The second-order valence-electron chi connectivity index (χ2n) is 9.20. The van der Waals surface area contributed by atoms with Crippen LogP contribution in [-0.2, 0) is 25.7 Å². The molecule has 4 aromatic rings. The summed E-state index contributed by atoms with van der Waals surface area (Å²) in [4.78, 5) is 18.9. The molecule has 0 saturated heterocycles. The number of benzene rings is 2. The standard InChI is InChI=1S/C28H22ClF5N4O/c29-22-12-17(3-6-23(22)30)2-1-10-37-11-8-24-21(16-37)20-5-4-19(28(32,33)34)14-25(20)38(24)27(39)36-15-18-7-9-35-26(31)13-18/h1-7,9,12-14H,8,10-11,15-16H2,(H,36,39). The quantitative estimate of drug-likeness (QED) is 0.215. The minimum Gasteiger partial charge on any atom is -0.333 e. The second-order valence-corrected chi connectivity index (χ2v) is 9.60. The Kier molecular flexibility index (Phi) is 7.42. The third-order valence-electron chi connectivity index (χ3n) is 6.61. The number of nitrogens with one attached hydrogen (secondary N) is 1. The molecule has 0 bridgehead atoms. The van der Waals surface area contributed by atoms with Gasteiger partial charge in [0.05, 0.1) is 16.1 Å². The van der Waals surface area contributed by atoms with Crippen LogP contribution in [0.25, 0.3) is 17.0 Å². The Bertz CT molecular complexity index is 1580. The lowest BCUT2D eigenvalue weighted by molar-refractivity contribution is -0.137. The number of amides is 1. The Morgan fingerprint density at radius 3 is 2.67 bits per heavy atom. The van der Waals surface area contributed by atoms with E-state index in [2.05, 4.69) is 15.2 Å². The van der Waals surface area contributed by atoms with E-state index in [1.54, 1.807) is 12.1 Å². The molecule has 0 radical (unpaired) electrons. The second kappa shape index (κ2) is 10.8. The predicted molar refractivity (Wildman–Crippen MR) is 138 cm³/mol. The van der Waals surface area contributed by atoms with E-state index < -0.39 is 29.5 Å². The van der Waals surface area contributed by atoms with E-state index in [-0.39, 0.29) is 17.1 Å². The molecule has 0 unspecified atom stereocenters. The molecule has 0 fully saturated rings. The van der Waals surface area contributed by atoms with Gasteiger partial charge in [0, 0.05) is 49.9 Å². The van der Waals surface area contributed by atoms with Gasteiger partial charge in [-0.2, -0.15) is 17.6 Å². The first kappa shape index (κ1) is 26.8. The Labute approximate surface area is 225 Å². The SMILES string of the molecule is O=C(NCc1ccnc(F)c1)n1c2c(c3ccc(C(F)(F)F)cc31)CN(CC=Cc1ccc(F)c(Cl)c1)CC2. The Morgan fingerprint density at radius 2 is 1.92 bits per heavy atom. The van der Waals surface area contributed by atoms with Crippen molar-refractivity contribution < 1.29 is 26.7 Å². The molecule has 1 N–H and O–H groups in total. The lowest BCUT2D eigenvalue weighted by Crippen LogP contribution is -2.34. The van der Waals surface area contributed by atoms with Gasteiger partial charge in [0.2, 0.25) is 5.95 Å². The molecule has 2 aromatic carbocycles. The minimum absolute atomic E-state index is 0.0179. The molecule has 0 saturated carbocycles. The minimum atomic E-state index is -4.57. The summed E-state index contributed by atoms with van der Waals surface area (Å²) in [5.74, 6) is -1.20. The Hall–Kier alpha value is -3.76. The van der Waals surface area contributed by atoms with Crippen molar-refractivity contribution in [3.63, 3.8) is 0 Å². The molecule has 3 heterocycles. The molecule has 0 aliphatic carbocycles. The highest BCUT2D eigenvalue weighted by molar-refractivity contribution is 6.30. The van der Waals surface area contributed by atoms with Crippen LogP contribution < -0.4 is 5.32 Å². The summed E-state index contributed by atoms with van der Waals surface area (Å²) < 4.78 is 68.7. The number of carbonyl (C=O) groups is 1. The maximum atomic E-state index is 13.5. The summed E-state index contributed by atoms with van der Waals surface area (Å²) in [5.41, 5.74) is 1.92. The van der Waals surface area contributed by atoms with Crippen molar-refractivity contribution in [2.75, 3.05) is 13.1 Å². The fraction of sp³-hybridized carbons (Fsp3) is 0.214. The maximum Gasteiger partial charge on any atom is 0.416 e. The van der Waals surface area contributed by atoms with E-state index >= 15 is 0 Å². The summed E-state index contributed by atoms with van der Waals surface area (Å²) in [5, 5.41) is 3.27. The van der Waals surface area contributed by atoms with Gasteiger partial charge in [0.1, 0.15) is 5.82 Å². The van der Waals surface area contributed by atoms with E-state index in [4.69, 9.17) is 11.6 Å². The van der Waals surface area contributed by atoms with E-state index in [0.29, 0.717) is 42.7 Å². The molecule has 11 heteroatoms. The van der Waals surface area contributed by atoms with Crippen molar-refractivity contribution in [1.29, 1.82) is 0 Å². The number of aromatic nitrogens is 2. The normalized spacial score (nSPS) is 14.2. The monoisotopic (exact) mass is 560 g/mol. The van der Waals surface area contributed by atoms with Gasteiger partial charge in [-0.15, -0.1) is 0 Å². The van der Waals surface area contributed by atoms with Gasteiger partial charge in [-0.1, -0.05) is 35.9 Å². The van der Waals surface area contributed by atoms with Crippen LogP contribution in [0.3, 0.4) is 0 Å². The van der Waals surface area contributed by atoms with Crippen LogP contribution in [0.1, 0.15) is 27.9 Å². The number of hydrogen-bond donors (Lipinski definition) is 1. The molecule has 202 valence electrons. The van der Waals surface area contributed by atoms with Crippen LogP contribution in [0.2, 0.25) is 5.02 Å². The third-order valence-corrected chi connectivity index (χ3v) is 6.90. The molecule has 1 amide bonds. The number of fused-ring (bicyclic) bond motifs is 3. The molecule has 1 aliphatic heterocycles. The highest BCUT2D eigenvalue weighted by Gasteiger charge is 2.33. The highest BCUT2D eigenvalue weighted by Crippen LogP contribution is 2.36. The number of rotatable bonds is 5. The van der Waals surface area contributed by atoms with Gasteiger partial charge in [-0.05, 0) is 53.1 Å². The molecule has 2 aromatic heterocycles. The topological polar surface area (TPSA) is 50.2 Å². The van der Waals surface area contributed by atoms with Gasteiger partial charge < -0.3 is 5.32 Å². The number of carbonyl (C=O) groups excluding carboxylic acids is 1. The predicted octanol–water partition coefficient (Wildman–Crippen LogP) is 6.82. The first-order valence-corrected chi connectivity index (χ1v) is 12.4. The maximum absolute atomic E-state index is 13.5. The average molecular weight is 561 g/mol. The number of pyridine rings is 1. The number of alkyl halides is 3. The van der Waals surface area contributed by atoms with Crippen molar-refractivity contribution in [3.8, 4) is 0 Å². The van der Waals surface area contributed by atoms with Crippen molar-refractivity contribution in [2.24, 2.45) is 0 Å².